The fourth-order valence-corrected chi connectivity index (χ4v) is 2.40. The fourth-order valence-electron chi connectivity index (χ4n) is 2.40. The van der Waals surface area contributed by atoms with Gasteiger partial charge in [-0.3, -0.25) is 0 Å². The normalized spacial score (nSPS) is 11.7. The van der Waals surface area contributed by atoms with E-state index < -0.39 is 0 Å². The summed E-state index contributed by atoms with van der Waals surface area (Å²) >= 11 is 0. The van der Waals surface area contributed by atoms with E-state index in [1.54, 1.807) is 0 Å². The molecule has 0 fully saturated rings. The first-order valence-corrected chi connectivity index (χ1v) is 7.91. The van der Waals surface area contributed by atoms with Gasteiger partial charge in [0.15, 0.2) is 0 Å². The van der Waals surface area contributed by atoms with Crippen LogP contribution in [-0.2, 0) is 6.42 Å². The molecule has 0 amide bonds. The number of benzene rings is 2. The Morgan fingerprint density at radius 2 is 1.73 bits per heavy atom. The molecule has 2 aromatic rings. The topological polar surface area (TPSA) is 33.0 Å². The van der Waals surface area contributed by atoms with Gasteiger partial charge in [0.05, 0.1) is 18.6 Å². The van der Waals surface area contributed by atoms with Crippen LogP contribution in [0.15, 0.2) is 48.5 Å². The highest BCUT2D eigenvalue weighted by molar-refractivity contribution is 5.28. The lowest BCUT2D eigenvalue weighted by Gasteiger charge is -2.11. The van der Waals surface area contributed by atoms with Crippen molar-refractivity contribution >= 4 is 0 Å². The molecule has 114 valence electrons. The predicted molar refractivity (Wildman–Crippen MR) is 90.1 cm³/mol. The lowest BCUT2D eigenvalue weighted by molar-refractivity contribution is 0.305. The number of nitriles is 1. The van der Waals surface area contributed by atoms with Crippen LogP contribution >= 0.6 is 0 Å². The Labute approximate surface area is 133 Å². The quantitative estimate of drug-likeness (QED) is 0.671. The van der Waals surface area contributed by atoms with Crippen molar-refractivity contribution in [2.24, 2.45) is 0 Å². The third-order valence-electron chi connectivity index (χ3n) is 3.87. The number of hydrogen-bond donors (Lipinski definition) is 0. The lowest BCUT2D eigenvalue weighted by Crippen LogP contribution is -2.02. The molecule has 0 spiro atoms. The SMILES string of the molecule is CCc1ccc(OCCCC(C#N)c2ccc(C)cc2)cc1. The molecule has 1 atom stereocenters. The molecule has 2 heteroatoms. The molecule has 1 unspecified atom stereocenters. The molecule has 0 saturated heterocycles. The molecular weight excluding hydrogens is 270 g/mol. The van der Waals surface area contributed by atoms with E-state index in [0.717, 1.165) is 30.6 Å². The van der Waals surface area contributed by atoms with Crippen molar-refractivity contribution in [2.45, 2.75) is 39.0 Å². The minimum atomic E-state index is -0.0494. The molecule has 0 radical (unpaired) electrons. The summed E-state index contributed by atoms with van der Waals surface area (Å²) < 4.78 is 5.75. The first-order chi connectivity index (χ1) is 10.7. The van der Waals surface area contributed by atoms with Crippen LogP contribution in [0.3, 0.4) is 0 Å². The maximum Gasteiger partial charge on any atom is 0.119 e. The van der Waals surface area contributed by atoms with Crippen LogP contribution in [0.4, 0.5) is 0 Å². The molecule has 2 nitrogen and oxygen atoms in total. The molecule has 0 heterocycles. The van der Waals surface area contributed by atoms with Crippen molar-refractivity contribution < 1.29 is 4.74 Å². The van der Waals surface area contributed by atoms with E-state index >= 15 is 0 Å². The van der Waals surface area contributed by atoms with Crippen molar-refractivity contribution in [1.82, 2.24) is 0 Å². The van der Waals surface area contributed by atoms with Gasteiger partial charge in [-0.1, -0.05) is 48.9 Å². The zero-order valence-corrected chi connectivity index (χ0v) is 13.4. The first-order valence-electron chi connectivity index (χ1n) is 7.91. The van der Waals surface area contributed by atoms with Gasteiger partial charge in [0.25, 0.3) is 0 Å². The molecular formula is C20H23NO. The van der Waals surface area contributed by atoms with Crippen molar-refractivity contribution in [3.63, 3.8) is 0 Å². The second-order valence-electron chi connectivity index (χ2n) is 5.58. The van der Waals surface area contributed by atoms with E-state index in [9.17, 15) is 5.26 Å². The Bertz CT molecular complexity index is 608. The second kappa shape index (κ2) is 8.24. The highest BCUT2D eigenvalue weighted by atomic mass is 16.5. The van der Waals surface area contributed by atoms with Gasteiger partial charge in [-0.05, 0) is 49.4 Å². The van der Waals surface area contributed by atoms with Crippen LogP contribution in [0.25, 0.3) is 0 Å². The minimum absolute atomic E-state index is 0.0494. The van der Waals surface area contributed by atoms with E-state index in [2.05, 4.69) is 44.2 Å². The molecule has 0 aliphatic carbocycles. The minimum Gasteiger partial charge on any atom is -0.494 e. The van der Waals surface area contributed by atoms with E-state index in [1.165, 1.54) is 11.1 Å². The molecule has 2 rings (SSSR count). The first kappa shape index (κ1) is 16.1. The third-order valence-corrected chi connectivity index (χ3v) is 3.87. The van der Waals surface area contributed by atoms with Crippen molar-refractivity contribution in [3.05, 3.63) is 65.2 Å². The molecule has 0 aliphatic heterocycles. The summed E-state index contributed by atoms with van der Waals surface area (Å²) in [7, 11) is 0. The van der Waals surface area contributed by atoms with Gasteiger partial charge in [-0.2, -0.15) is 5.26 Å². The summed E-state index contributed by atoms with van der Waals surface area (Å²) in [6.07, 6.45) is 2.74. The number of hydrogen-bond acceptors (Lipinski definition) is 2. The molecule has 0 aromatic heterocycles. The summed E-state index contributed by atoms with van der Waals surface area (Å²) in [4.78, 5) is 0. The van der Waals surface area contributed by atoms with E-state index in [4.69, 9.17) is 4.74 Å². The average molecular weight is 293 g/mol. The van der Waals surface area contributed by atoms with Gasteiger partial charge in [-0.15, -0.1) is 0 Å². The van der Waals surface area contributed by atoms with Gasteiger partial charge < -0.3 is 4.74 Å². The summed E-state index contributed by atoms with van der Waals surface area (Å²) in [6.45, 7) is 4.85. The molecule has 0 bridgehead atoms. The van der Waals surface area contributed by atoms with Crippen LogP contribution in [0.2, 0.25) is 0 Å². The Hall–Kier alpha value is -2.27. The maximum atomic E-state index is 9.33. The molecule has 0 aliphatic rings. The smallest absolute Gasteiger partial charge is 0.119 e. The number of aryl methyl sites for hydroxylation is 2. The average Bonchev–Trinajstić information content (AvgIpc) is 2.56. The van der Waals surface area contributed by atoms with Gasteiger partial charge in [0.2, 0.25) is 0 Å². The molecule has 2 aromatic carbocycles. The van der Waals surface area contributed by atoms with Crippen LogP contribution in [0, 0.1) is 18.3 Å². The predicted octanol–water partition coefficient (Wildman–Crippen LogP) is 5.02. The van der Waals surface area contributed by atoms with E-state index in [0.29, 0.717) is 6.61 Å². The standard InChI is InChI=1S/C20H23NO/c1-3-17-8-12-20(13-9-17)22-14-4-5-19(15-21)18-10-6-16(2)7-11-18/h6-13,19H,3-5,14H2,1-2H3. The fraction of sp³-hybridized carbons (Fsp3) is 0.350. The molecule has 22 heavy (non-hydrogen) atoms. The lowest BCUT2D eigenvalue weighted by atomic mass is 9.95. The summed E-state index contributed by atoms with van der Waals surface area (Å²) in [5, 5.41) is 9.33. The van der Waals surface area contributed by atoms with Gasteiger partial charge in [0, 0.05) is 0 Å². The highest BCUT2D eigenvalue weighted by Crippen LogP contribution is 2.21. The van der Waals surface area contributed by atoms with E-state index in [1.807, 2.05) is 24.3 Å². The van der Waals surface area contributed by atoms with Gasteiger partial charge in [-0.25, -0.2) is 0 Å². The monoisotopic (exact) mass is 293 g/mol. The van der Waals surface area contributed by atoms with Crippen LogP contribution in [0.5, 0.6) is 5.75 Å². The van der Waals surface area contributed by atoms with Crippen LogP contribution in [0.1, 0.15) is 42.4 Å². The number of nitrogens with zero attached hydrogens (tertiary/aromatic N) is 1. The Morgan fingerprint density at radius 3 is 2.32 bits per heavy atom. The maximum absolute atomic E-state index is 9.33. The van der Waals surface area contributed by atoms with Crippen LogP contribution < -0.4 is 4.74 Å². The number of rotatable bonds is 7. The van der Waals surface area contributed by atoms with Crippen molar-refractivity contribution in [1.29, 1.82) is 5.26 Å². The second-order valence-corrected chi connectivity index (χ2v) is 5.58. The van der Waals surface area contributed by atoms with Crippen LogP contribution in [-0.4, -0.2) is 6.61 Å². The zero-order valence-electron chi connectivity index (χ0n) is 13.4. The zero-order chi connectivity index (χ0) is 15.8. The Kier molecular flexibility index (Phi) is 6.03. The summed E-state index contributed by atoms with van der Waals surface area (Å²) in [6, 6.07) is 18.8. The van der Waals surface area contributed by atoms with Crippen molar-refractivity contribution in [2.75, 3.05) is 6.61 Å². The van der Waals surface area contributed by atoms with E-state index in [-0.39, 0.29) is 5.92 Å². The van der Waals surface area contributed by atoms with Gasteiger partial charge in [0.1, 0.15) is 5.75 Å². The molecule has 0 N–H and O–H groups in total. The number of ether oxygens (including phenoxy) is 1. The van der Waals surface area contributed by atoms with Gasteiger partial charge >= 0.3 is 0 Å². The third kappa shape index (κ3) is 4.63. The molecule has 0 saturated carbocycles. The Balaban J connectivity index is 1.79. The largest absolute Gasteiger partial charge is 0.494 e. The highest BCUT2D eigenvalue weighted by Gasteiger charge is 2.10. The summed E-state index contributed by atoms with van der Waals surface area (Å²) in [5.74, 6) is 0.854. The Morgan fingerprint density at radius 1 is 1.05 bits per heavy atom. The van der Waals surface area contributed by atoms with Crippen molar-refractivity contribution in [3.8, 4) is 11.8 Å². The summed E-state index contributed by atoms with van der Waals surface area (Å²) in [5.41, 5.74) is 3.64.